The number of nitrogens with one attached hydrogen (secondary N) is 1. The van der Waals surface area contributed by atoms with E-state index in [1.54, 1.807) is 24.3 Å². The van der Waals surface area contributed by atoms with Crippen LogP contribution in [0.3, 0.4) is 0 Å². The number of benzene rings is 2. The fraction of sp³-hybridized carbons (Fsp3) is 0.250. The summed E-state index contributed by atoms with van der Waals surface area (Å²) in [6.07, 6.45) is 0.583. The number of fused-ring (bicyclic) bond motifs is 1. The second-order valence-corrected chi connectivity index (χ2v) is 8.19. The zero-order valence-corrected chi connectivity index (χ0v) is 15.5. The van der Waals surface area contributed by atoms with Gasteiger partial charge in [-0.3, -0.25) is 0 Å². The third kappa shape index (κ3) is 3.78. The Labute approximate surface area is 149 Å². The summed E-state index contributed by atoms with van der Waals surface area (Å²) >= 11 is 2.22. The average Bonchev–Trinajstić information content (AvgIpc) is 2.95. The summed E-state index contributed by atoms with van der Waals surface area (Å²) in [6.45, 7) is 2.48. The third-order valence-electron chi connectivity index (χ3n) is 3.56. The molecule has 1 aliphatic heterocycles. The van der Waals surface area contributed by atoms with E-state index in [0.29, 0.717) is 18.7 Å². The Balaban J connectivity index is 1.66. The molecule has 1 aliphatic rings. The highest BCUT2D eigenvalue weighted by Crippen LogP contribution is 2.35. The molecule has 23 heavy (non-hydrogen) atoms. The van der Waals surface area contributed by atoms with E-state index in [1.807, 2.05) is 19.1 Å². The molecule has 0 radical (unpaired) electrons. The van der Waals surface area contributed by atoms with Gasteiger partial charge in [0.05, 0.1) is 4.90 Å². The molecule has 0 bridgehead atoms. The van der Waals surface area contributed by atoms with Crippen LogP contribution in [0.15, 0.2) is 41.3 Å². The van der Waals surface area contributed by atoms with Crippen molar-refractivity contribution in [1.82, 2.24) is 4.72 Å². The van der Waals surface area contributed by atoms with E-state index in [9.17, 15) is 8.42 Å². The number of hydrogen-bond acceptors (Lipinski definition) is 4. The first kappa shape index (κ1) is 16.5. The molecule has 0 unspecified atom stereocenters. The van der Waals surface area contributed by atoms with Crippen molar-refractivity contribution in [2.45, 2.75) is 18.2 Å². The van der Waals surface area contributed by atoms with Crippen LogP contribution in [0.4, 0.5) is 0 Å². The Morgan fingerprint density at radius 3 is 2.48 bits per heavy atom. The average molecular weight is 445 g/mol. The van der Waals surface area contributed by atoms with Gasteiger partial charge in [-0.15, -0.1) is 0 Å². The van der Waals surface area contributed by atoms with E-state index in [-0.39, 0.29) is 11.7 Å². The maximum atomic E-state index is 12.2. The molecular weight excluding hydrogens is 429 g/mol. The van der Waals surface area contributed by atoms with E-state index in [0.717, 1.165) is 20.4 Å². The number of ether oxygens (including phenoxy) is 2. The van der Waals surface area contributed by atoms with Crippen molar-refractivity contribution in [2.75, 3.05) is 13.3 Å². The van der Waals surface area contributed by atoms with Crippen LogP contribution in [0.5, 0.6) is 11.5 Å². The Morgan fingerprint density at radius 1 is 1.13 bits per heavy atom. The first-order valence-electron chi connectivity index (χ1n) is 7.10. The minimum absolute atomic E-state index is 0.231. The largest absolute Gasteiger partial charge is 0.454 e. The summed E-state index contributed by atoms with van der Waals surface area (Å²) in [5.74, 6) is 1.44. The van der Waals surface area contributed by atoms with Crippen LogP contribution >= 0.6 is 22.6 Å². The summed E-state index contributed by atoms with van der Waals surface area (Å²) in [6, 6.07) is 10.6. The summed E-state index contributed by atoms with van der Waals surface area (Å²) in [7, 11) is -3.48. The highest BCUT2D eigenvalue weighted by Gasteiger charge is 2.17. The molecule has 0 spiro atoms. The minimum atomic E-state index is -3.48. The molecule has 0 aliphatic carbocycles. The summed E-state index contributed by atoms with van der Waals surface area (Å²) < 4.78 is 38.8. The standard InChI is InChI=1S/C16H16INO4S/c1-11-2-4-13(5-3-11)23(19,20)18-7-6-12-8-15-16(9-14(12)17)22-10-21-15/h2-5,8-9,18H,6-7,10H2,1H3. The van der Waals surface area contributed by atoms with Crippen LogP contribution in [-0.4, -0.2) is 21.8 Å². The van der Waals surface area contributed by atoms with Crippen LogP contribution in [-0.2, 0) is 16.4 Å². The van der Waals surface area contributed by atoms with Gasteiger partial charge in [-0.05, 0) is 65.8 Å². The highest BCUT2D eigenvalue weighted by molar-refractivity contribution is 14.1. The number of rotatable bonds is 5. The lowest BCUT2D eigenvalue weighted by Crippen LogP contribution is -2.26. The van der Waals surface area contributed by atoms with Gasteiger partial charge in [-0.1, -0.05) is 17.7 Å². The van der Waals surface area contributed by atoms with E-state index in [4.69, 9.17) is 9.47 Å². The van der Waals surface area contributed by atoms with Gasteiger partial charge in [0.2, 0.25) is 16.8 Å². The Hall–Kier alpha value is -1.32. The van der Waals surface area contributed by atoms with Crippen molar-refractivity contribution in [3.05, 3.63) is 51.1 Å². The van der Waals surface area contributed by atoms with E-state index >= 15 is 0 Å². The molecule has 0 amide bonds. The zero-order chi connectivity index (χ0) is 16.4. The van der Waals surface area contributed by atoms with Crippen LogP contribution in [0.2, 0.25) is 0 Å². The number of halogens is 1. The van der Waals surface area contributed by atoms with Crippen LogP contribution in [0.1, 0.15) is 11.1 Å². The molecule has 2 aromatic rings. The number of aryl methyl sites for hydroxylation is 1. The van der Waals surface area contributed by atoms with Crippen molar-refractivity contribution in [1.29, 1.82) is 0 Å². The number of hydrogen-bond donors (Lipinski definition) is 1. The summed E-state index contributed by atoms with van der Waals surface area (Å²) in [4.78, 5) is 0.281. The molecule has 2 aromatic carbocycles. The molecule has 3 rings (SSSR count). The Bertz CT molecular complexity index is 819. The van der Waals surface area contributed by atoms with Gasteiger partial charge in [0.15, 0.2) is 11.5 Å². The lowest BCUT2D eigenvalue weighted by Gasteiger charge is -2.09. The topological polar surface area (TPSA) is 64.6 Å². The Morgan fingerprint density at radius 2 is 1.78 bits per heavy atom. The minimum Gasteiger partial charge on any atom is -0.454 e. The predicted octanol–water partition coefficient (Wildman–Crippen LogP) is 2.85. The second-order valence-electron chi connectivity index (χ2n) is 5.26. The van der Waals surface area contributed by atoms with Crippen molar-refractivity contribution in [2.24, 2.45) is 0 Å². The maximum Gasteiger partial charge on any atom is 0.240 e. The van der Waals surface area contributed by atoms with Crippen molar-refractivity contribution >= 4 is 32.6 Å². The van der Waals surface area contributed by atoms with Gasteiger partial charge in [-0.2, -0.15) is 0 Å². The van der Waals surface area contributed by atoms with Gasteiger partial charge in [0.1, 0.15) is 0 Å². The molecule has 5 nitrogen and oxygen atoms in total. The fourth-order valence-electron chi connectivity index (χ4n) is 2.27. The van der Waals surface area contributed by atoms with Gasteiger partial charge in [-0.25, -0.2) is 13.1 Å². The summed E-state index contributed by atoms with van der Waals surface area (Å²) in [5, 5.41) is 0. The third-order valence-corrected chi connectivity index (χ3v) is 6.04. The van der Waals surface area contributed by atoms with E-state index in [2.05, 4.69) is 27.3 Å². The fourth-order valence-corrected chi connectivity index (χ4v) is 4.01. The van der Waals surface area contributed by atoms with Crippen molar-refractivity contribution in [3.8, 4) is 11.5 Å². The van der Waals surface area contributed by atoms with Crippen LogP contribution < -0.4 is 14.2 Å². The molecule has 0 aromatic heterocycles. The number of sulfonamides is 1. The molecule has 1 N–H and O–H groups in total. The summed E-state index contributed by atoms with van der Waals surface area (Å²) in [5.41, 5.74) is 2.06. The van der Waals surface area contributed by atoms with Gasteiger partial charge < -0.3 is 9.47 Å². The van der Waals surface area contributed by atoms with Crippen molar-refractivity contribution < 1.29 is 17.9 Å². The second kappa shape index (κ2) is 6.66. The van der Waals surface area contributed by atoms with Crippen LogP contribution in [0, 0.1) is 10.5 Å². The van der Waals surface area contributed by atoms with Gasteiger partial charge in [0, 0.05) is 10.1 Å². The zero-order valence-electron chi connectivity index (χ0n) is 12.5. The molecule has 0 fully saturated rings. The molecule has 7 heteroatoms. The normalized spacial score (nSPS) is 13.3. The lowest BCUT2D eigenvalue weighted by atomic mass is 10.1. The van der Waals surface area contributed by atoms with Gasteiger partial charge >= 0.3 is 0 Å². The lowest BCUT2D eigenvalue weighted by molar-refractivity contribution is 0.174. The van der Waals surface area contributed by atoms with Crippen LogP contribution in [0.25, 0.3) is 0 Å². The molecule has 0 saturated carbocycles. The van der Waals surface area contributed by atoms with Crippen molar-refractivity contribution in [3.63, 3.8) is 0 Å². The highest BCUT2D eigenvalue weighted by atomic mass is 127. The van der Waals surface area contributed by atoms with E-state index < -0.39 is 10.0 Å². The Kier molecular flexibility index (Phi) is 4.79. The smallest absolute Gasteiger partial charge is 0.240 e. The molecule has 0 saturated heterocycles. The van der Waals surface area contributed by atoms with E-state index in [1.165, 1.54) is 0 Å². The first-order valence-corrected chi connectivity index (χ1v) is 9.66. The SMILES string of the molecule is Cc1ccc(S(=O)(=O)NCCc2cc3c(cc2I)OCO3)cc1. The monoisotopic (exact) mass is 445 g/mol. The molecule has 0 atom stereocenters. The van der Waals surface area contributed by atoms with Gasteiger partial charge in [0.25, 0.3) is 0 Å². The quantitative estimate of drug-likeness (QED) is 0.720. The molecular formula is C16H16INO4S. The maximum absolute atomic E-state index is 12.2. The predicted molar refractivity (Wildman–Crippen MR) is 95.4 cm³/mol. The molecule has 122 valence electrons. The molecule has 1 heterocycles. The first-order chi connectivity index (χ1) is 11.0.